The molecule has 36 heavy (non-hydrogen) atoms. The van der Waals surface area contributed by atoms with Crippen molar-refractivity contribution in [3.05, 3.63) is 93.7 Å². The van der Waals surface area contributed by atoms with Gasteiger partial charge in [0.25, 0.3) is 0 Å². The van der Waals surface area contributed by atoms with E-state index in [0.717, 1.165) is 17.5 Å². The lowest BCUT2D eigenvalue weighted by Crippen LogP contribution is -2.47. The van der Waals surface area contributed by atoms with Crippen LogP contribution in [-0.2, 0) is 32.1 Å². The fraction of sp³-hybridized carbons (Fsp3) is 0.379. The predicted octanol–water partition coefficient (Wildman–Crippen LogP) is 4.69. The van der Waals surface area contributed by atoms with Crippen molar-refractivity contribution in [2.75, 3.05) is 39.5 Å². The first-order chi connectivity index (χ1) is 17.7. The van der Waals surface area contributed by atoms with Crippen molar-refractivity contribution in [1.82, 2.24) is 9.80 Å². The van der Waals surface area contributed by atoms with Crippen LogP contribution in [-0.4, -0.2) is 61.1 Å². The van der Waals surface area contributed by atoms with Gasteiger partial charge in [-0.2, -0.15) is 0 Å². The summed E-state index contributed by atoms with van der Waals surface area (Å²) in [6.07, 6.45) is 1.50. The van der Waals surface area contributed by atoms with Gasteiger partial charge in [-0.15, -0.1) is 11.3 Å². The zero-order valence-electron chi connectivity index (χ0n) is 20.8. The zero-order chi connectivity index (χ0) is 25.2. The molecule has 1 unspecified atom stereocenters. The molecule has 190 valence electrons. The van der Waals surface area contributed by atoms with Gasteiger partial charge in [-0.25, -0.2) is 0 Å². The average molecular weight is 507 g/mol. The summed E-state index contributed by atoms with van der Waals surface area (Å²) in [5.41, 5.74) is 3.28. The van der Waals surface area contributed by atoms with Crippen molar-refractivity contribution in [2.24, 2.45) is 0 Å². The van der Waals surface area contributed by atoms with Crippen LogP contribution in [0.5, 0.6) is 0 Å². The maximum atomic E-state index is 13.7. The second kappa shape index (κ2) is 13.3. The summed E-state index contributed by atoms with van der Waals surface area (Å²) >= 11 is 1.75. The van der Waals surface area contributed by atoms with Gasteiger partial charge in [-0.05, 0) is 47.9 Å². The van der Waals surface area contributed by atoms with Crippen molar-refractivity contribution in [2.45, 2.75) is 32.4 Å². The lowest BCUT2D eigenvalue weighted by molar-refractivity contribution is -0.144. The first-order valence-corrected chi connectivity index (χ1v) is 13.4. The van der Waals surface area contributed by atoms with E-state index < -0.39 is 0 Å². The summed E-state index contributed by atoms with van der Waals surface area (Å²) in [5.74, 6) is -0.228. The molecule has 0 fully saturated rings. The SMILES string of the molecule is CCOCCCN(CC(=O)N1CCc2sccc2C1c1ccccc1)C(=O)COCc1ccccc1. The molecule has 0 spiro atoms. The van der Waals surface area contributed by atoms with E-state index in [1.807, 2.05) is 60.4 Å². The zero-order valence-corrected chi connectivity index (χ0v) is 21.6. The topological polar surface area (TPSA) is 59.1 Å². The molecule has 0 N–H and O–H groups in total. The van der Waals surface area contributed by atoms with Gasteiger partial charge in [0.15, 0.2) is 0 Å². The second-order valence-corrected chi connectivity index (χ2v) is 9.79. The van der Waals surface area contributed by atoms with Crippen LogP contribution in [0.15, 0.2) is 72.1 Å². The average Bonchev–Trinajstić information content (AvgIpc) is 3.40. The number of hydrogen-bond acceptors (Lipinski definition) is 5. The Bertz CT molecular complexity index is 1100. The third-order valence-electron chi connectivity index (χ3n) is 6.34. The van der Waals surface area contributed by atoms with E-state index in [9.17, 15) is 9.59 Å². The summed E-state index contributed by atoms with van der Waals surface area (Å²) in [6, 6.07) is 21.9. The van der Waals surface area contributed by atoms with Crippen LogP contribution in [0.2, 0.25) is 0 Å². The Morgan fingerprint density at radius 2 is 1.78 bits per heavy atom. The van der Waals surface area contributed by atoms with Gasteiger partial charge in [0.1, 0.15) is 6.61 Å². The van der Waals surface area contributed by atoms with Crippen LogP contribution in [0.1, 0.15) is 41.0 Å². The van der Waals surface area contributed by atoms with Gasteiger partial charge >= 0.3 is 0 Å². The number of benzene rings is 2. The standard InChI is InChI=1S/C29H34N2O4S/c1-2-34-18-9-16-30(28(33)22-35-21-23-10-5-3-6-11-23)20-27(32)31-17-14-26-25(15-19-36-26)29(31)24-12-7-4-8-13-24/h3-8,10-13,15,19,29H,2,9,14,16-18,20-22H2,1H3. The number of thiophene rings is 1. The number of rotatable bonds is 12. The Labute approximate surface area is 217 Å². The van der Waals surface area contributed by atoms with Crippen molar-refractivity contribution >= 4 is 23.2 Å². The first-order valence-electron chi connectivity index (χ1n) is 12.5. The predicted molar refractivity (Wildman–Crippen MR) is 142 cm³/mol. The van der Waals surface area contributed by atoms with Gasteiger partial charge in [0, 0.05) is 31.2 Å². The van der Waals surface area contributed by atoms with Gasteiger partial charge in [-0.3, -0.25) is 9.59 Å². The quantitative estimate of drug-likeness (QED) is 0.334. The van der Waals surface area contributed by atoms with Crippen LogP contribution in [0.3, 0.4) is 0 Å². The van der Waals surface area contributed by atoms with Gasteiger partial charge in [0.05, 0.1) is 19.2 Å². The molecule has 1 aromatic heterocycles. The van der Waals surface area contributed by atoms with E-state index in [4.69, 9.17) is 9.47 Å². The summed E-state index contributed by atoms with van der Waals surface area (Å²) < 4.78 is 11.2. The van der Waals surface area contributed by atoms with E-state index >= 15 is 0 Å². The minimum Gasteiger partial charge on any atom is -0.382 e. The maximum Gasteiger partial charge on any atom is 0.249 e. The number of nitrogens with zero attached hydrogens (tertiary/aromatic N) is 2. The summed E-state index contributed by atoms with van der Waals surface area (Å²) in [7, 11) is 0. The highest BCUT2D eigenvalue weighted by Gasteiger charge is 2.33. The highest BCUT2D eigenvalue weighted by Crippen LogP contribution is 2.37. The van der Waals surface area contributed by atoms with Gasteiger partial charge in [-0.1, -0.05) is 60.7 Å². The van der Waals surface area contributed by atoms with E-state index in [0.29, 0.717) is 39.3 Å². The lowest BCUT2D eigenvalue weighted by Gasteiger charge is -2.37. The van der Waals surface area contributed by atoms with E-state index in [1.165, 1.54) is 10.4 Å². The normalized spacial score (nSPS) is 14.9. The molecular formula is C29H34N2O4S. The van der Waals surface area contributed by atoms with Crippen LogP contribution in [0, 0.1) is 0 Å². The molecule has 0 saturated carbocycles. The Balaban J connectivity index is 1.45. The maximum absolute atomic E-state index is 13.7. The highest BCUT2D eigenvalue weighted by atomic mass is 32.1. The van der Waals surface area contributed by atoms with Gasteiger partial charge < -0.3 is 19.3 Å². The van der Waals surface area contributed by atoms with Gasteiger partial charge in [0.2, 0.25) is 11.8 Å². The van der Waals surface area contributed by atoms with E-state index in [1.54, 1.807) is 16.2 Å². The van der Waals surface area contributed by atoms with E-state index in [2.05, 4.69) is 23.6 Å². The smallest absolute Gasteiger partial charge is 0.249 e. The third-order valence-corrected chi connectivity index (χ3v) is 7.33. The molecule has 0 saturated heterocycles. The number of amides is 2. The Kier molecular flexibility index (Phi) is 9.67. The molecule has 7 heteroatoms. The van der Waals surface area contributed by atoms with Crippen LogP contribution >= 0.6 is 11.3 Å². The molecular weight excluding hydrogens is 472 g/mol. The molecule has 3 aromatic rings. The minimum absolute atomic E-state index is 0.0302. The van der Waals surface area contributed by atoms with Crippen LogP contribution in [0.4, 0.5) is 0 Å². The Morgan fingerprint density at radius 3 is 2.53 bits per heavy atom. The first kappa shape index (κ1) is 26.1. The number of carbonyl (C=O) groups is 2. The largest absolute Gasteiger partial charge is 0.382 e. The number of carbonyl (C=O) groups excluding carboxylic acids is 2. The molecule has 6 nitrogen and oxygen atoms in total. The Hall–Kier alpha value is -3.00. The molecule has 0 aliphatic carbocycles. The lowest BCUT2D eigenvalue weighted by atomic mass is 9.93. The van der Waals surface area contributed by atoms with Crippen LogP contribution < -0.4 is 0 Å². The molecule has 4 rings (SSSR count). The van der Waals surface area contributed by atoms with Crippen molar-refractivity contribution in [3.8, 4) is 0 Å². The molecule has 0 radical (unpaired) electrons. The molecule has 1 aliphatic heterocycles. The van der Waals surface area contributed by atoms with E-state index in [-0.39, 0.29) is 31.0 Å². The number of hydrogen-bond donors (Lipinski definition) is 0. The molecule has 0 bridgehead atoms. The molecule has 2 aromatic carbocycles. The molecule has 2 amide bonds. The number of ether oxygens (including phenoxy) is 2. The highest BCUT2D eigenvalue weighted by molar-refractivity contribution is 7.10. The second-order valence-electron chi connectivity index (χ2n) is 8.79. The van der Waals surface area contributed by atoms with Crippen molar-refractivity contribution in [1.29, 1.82) is 0 Å². The minimum atomic E-state index is -0.180. The van der Waals surface area contributed by atoms with Crippen molar-refractivity contribution in [3.63, 3.8) is 0 Å². The fourth-order valence-corrected chi connectivity index (χ4v) is 5.45. The molecule has 2 heterocycles. The summed E-state index contributed by atoms with van der Waals surface area (Å²) in [5, 5.41) is 2.10. The molecule has 1 atom stereocenters. The monoisotopic (exact) mass is 506 g/mol. The van der Waals surface area contributed by atoms with Crippen LogP contribution in [0.25, 0.3) is 0 Å². The van der Waals surface area contributed by atoms with Crippen molar-refractivity contribution < 1.29 is 19.1 Å². The molecule has 1 aliphatic rings. The third kappa shape index (κ3) is 6.81. The number of fused-ring (bicyclic) bond motifs is 1. The summed E-state index contributed by atoms with van der Waals surface area (Å²) in [6.45, 7) is 4.54. The summed E-state index contributed by atoms with van der Waals surface area (Å²) in [4.78, 5) is 31.7. The Morgan fingerprint density at radius 1 is 1.03 bits per heavy atom. The fourth-order valence-electron chi connectivity index (χ4n) is 4.55.